The van der Waals surface area contributed by atoms with E-state index >= 15 is 0 Å². The van der Waals surface area contributed by atoms with Crippen molar-refractivity contribution in [3.8, 4) is 5.69 Å². The highest BCUT2D eigenvalue weighted by atomic mass is 32.2. The van der Waals surface area contributed by atoms with Gasteiger partial charge in [-0.05, 0) is 62.3 Å². The summed E-state index contributed by atoms with van der Waals surface area (Å²) in [4.78, 5) is 14.6. The predicted molar refractivity (Wildman–Crippen MR) is 116 cm³/mol. The van der Waals surface area contributed by atoms with Gasteiger partial charge in [0.1, 0.15) is 17.5 Å². The van der Waals surface area contributed by atoms with Gasteiger partial charge in [0.25, 0.3) is 0 Å². The first kappa shape index (κ1) is 22.3. The lowest BCUT2D eigenvalue weighted by molar-refractivity contribution is -0.113. The Kier molecular flexibility index (Phi) is 7.11. The second-order valence-electron chi connectivity index (χ2n) is 7.54. The summed E-state index contributed by atoms with van der Waals surface area (Å²) < 4.78 is 42.0. The third-order valence-electron chi connectivity index (χ3n) is 5.08. The molecule has 1 saturated heterocycles. The molecule has 4 rings (SSSR count). The summed E-state index contributed by atoms with van der Waals surface area (Å²) in [5.74, 6) is -1.67. The van der Waals surface area contributed by atoms with Crippen molar-refractivity contribution in [1.82, 2.24) is 19.7 Å². The molecule has 0 radical (unpaired) electrons. The van der Waals surface area contributed by atoms with Gasteiger partial charge in [-0.25, -0.2) is 13.2 Å². The first-order chi connectivity index (χ1) is 15.5. The van der Waals surface area contributed by atoms with Crippen LogP contribution in [0.15, 0.2) is 47.6 Å². The predicted octanol–water partition coefficient (Wildman–Crippen LogP) is 4.40. The van der Waals surface area contributed by atoms with Crippen molar-refractivity contribution in [1.29, 1.82) is 0 Å². The van der Waals surface area contributed by atoms with E-state index in [1.54, 1.807) is 12.1 Å². The lowest BCUT2D eigenvalue weighted by atomic mass is 10.1. The molecule has 3 aromatic rings. The maximum Gasteiger partial charge on any atom is 0.234 e. The van der Waals surface area contributed by atoms with Crippen LogP contribution in [0.1, 0.15) is 25.1 Å². The summed E-state index contributed by atoms with van der Waals surface area (Å²) in [5, 5.41) is 11.5. The number of rotatable bonds is 7. The van der Waals surface area contributed by atoms with Crippen LogP contribution in [0.3, 0.4) is 0 Å². The van der Waals surface area contributed by atoms with Crippen LogP contribution in [0.25, 0.3) is 5.69 Å². The van der Waals surface area contributed by atoms with E-state index in [9.17, 15) is 18.0 Å². The molecule has 0 unspecified atom stereocenters. The average molecular weight is 462 g/mol. The Morgan fingerprint density at radius 2 is 1.62 bits per heavy atom. The molecule has 0 atom stereocenters. The molecule has 10 heteroatoms. The number of piperidine rings is 1. The summed E-state index contributed by atoms with van der Waals surface area (Å²) >= 11 is 1.14. The molecule has 1 aliphatic heterocycles. The Bertz CT molecular complexity index is 1060. The van der Waals surface area contributed by atoms with Gasteiger partial charge in [0.15, 0.2) is 11.0 Å². The van der Waals surface area contributed by atoms with Gasteiger partial charge in [0.05, 0.1) is 12.3 Å². The minimum absolute atomic E-state index is 0.0405. The fraction of sp³-hybridized carbons (Fsp3) is 0.318. The Hall–Kier alpha value is -2.85. The van der Waals surface area contributed by atoms with Gasteiger partial charge in [0.2, 0.25) is 5.91 Å². The van der Waals surface area contributed by atoms with E-state index in [1.165, 1.54) is 18.6 Å². The van der Waals surface area contributed by atoms with E-state index in [-0.39, 0.29) is 17.3 Å². The van der Waals surface area contributed by atoms with Crippen LogP contribution in [0.2, 0.25) is 0 Å². The minimum atomic E-state index is -0.772. The molecule has 2 aromatic carbocycles. The zero-order chi connectivity index (χ0) is 22.5. The lowest BCUT2D eigenvalue weighted by Gasteiger charge is -2.26. The SMILES string of the molecule is O=C(CSc1nnc(CN2CCCCC2)n1-c1ccc(F)cc1)Nc1cc(F)cc(F)c1. The highest BCUT2D eigenvalue weighted by molar-refractivity contribution is 7.99. The monoisotopic (exact) mass is 461 g/mol. The van der Waals surface area contributed by atoms with Gasteiger partial charge >= 0.3 is 0 Å². The van der Waals surface area contributed by atoms with Crippen LogP contribution < -0.4 is 5.32 Å². The van der Waals surface area contributed by atoms with E-state index in [1.807, 2.05) is 4.57 Å². The zero-order valence-corrected chi connectivity index (χ0v) is 18.0. The van der Waals surface area contributed by atoms with Crippen LogP contribution in [0.5, 0.6) is 0 Å². The van der Waals surface area contributed by atoms with Crippen molar-refractivity contribution < 1.29 is 18.0 Å². The summed E-state index contributed by atoms with van der Waals surface area (Å²) in [5.41, 5.74) is 0.734. The Balaban J connectivity index is 1.50. The molecule has 1 aliphatic rings. The van der Waals surface area contributed by atoms with Gasteiger partial charge in [-0.3, -0.25) is 14.3 Å². The molecule has 1 N–H and O–H groups in total. The van der Waals surface area contributed by atoms with E-state index in [2.05, 4.69) is 20.4 Å². The molecule has 1 aromatic heterocycles. The molecule has 1 amide bonds. The molecule has 168 valence electrons. The number of likely N-dealkylation sites (tertiary alicyclic amines) is 1. The quantitative estimate of drug-likeness (QED) is 0.529. The molecule has 0 bridgehead atoms. The Morgan fingerprint density at radius 1 is 0.938 bits per heavy atom. The number of hydrogen-bond acceptors (Lipinski definition) is 5. The third kappa shape index (κ3) is 5.68. The summed E-state index contributed by atoms with van der Waals surface area (Å²) in [6.45, 7) is 2.55. The van der Waals surface area contributed by atoms with Gasteiger partial charge in [-0.15, -0.1) is 10.2 Å². The van der Waals surface area contributed by atoms with Crippen LogP contribution in [-0.4, -0.2) is 44.4 Å². The van der Waals surface area contributed by atoms with Crippen molar-refractivity contribution in [2.45, 2.75) is 31.0 Å². The molecule has 0 aliphatic carbocycles. The van der Waals surface area contributed by atoms with Gasteiger partial charge in [-0.1, -0.05) is 18.2 Å². The number of anilines is 1. The number of carbonyl (C=O) groups is 1. The number of halogens is 3. The largest absolute Gasteiger partial charge is 0.325 e. The van der Waals surface area contributed by atoms with E-state index in [0.29, 0.717) is 23.2 Å². The van der Waals surface area contributed by atoms with E-state index in [0.717, 1.165) is 55.9 Å². The van der Waals surface area contributed by atoms with Crippen LogP contribution in [0, 0.1) is 17.5 Å². The number of aromatic nitrogens is 3. The fourth-order valence-electron chi connectivity index (χ4n) is 3.62. The minimum Gasteiger partial charge on any atom is -0.325 e. The lowest BCUT2D eigenvalue weighted by Crippen LogP contribution is -2.30. The molecule has 0 saturated carbocycles. The van der Waals surface area contributed by atoms with Crippen molar-refractivity contribution in [3.05, 3.63) is 65.7 Å². The van der Waals surface area contributed by atoms with Crippen LogP contribution in [-0.2, 0) is 11.3 Å². The van der Waals surface area contributed by atoms with Gasteiger partial charge in [0, 0.05) is 17.4 Å². The third-order valence-corrected chi connectivity index (χ3v) is 6.01. The topological polar surface area (TPSA) is 63.1 Å². The molecule has 32 heavy (non-hydrogen) atoms. The van der Waals surface area contributed by atoms with Crippen molar-refractivity contribution in [2.24, 2.45) is 0 Å². The second-order valence-corrected chi connectivity index (χ2v) is 8.48. The Labute approximate surface area is 187 Å². The molecule has 1 fully saturated rings. The van der Waals surface area contributed by atoms with Crippen molar-refractivity contribution in [3.63, 3.8) is 0 Å². The molecule has 0 spiro atoms. The molecule has 6 nitrogen and oxygen atoms in total. The van der Waals surface area contributed by atoms with Gasteiger partial charge < -0.3 is 5.32 Å². The number of benzene rings is 2. The smallest absolute Gasteiger partial charge is 0.234 e. The number of carbonyl (C=O) groups excluding carboxylic acids is 1. The normalized spacial score (nSPS) is 14.5. The summed E-state index contributed by atoms with van der Waals surface area (Å²) in [6.07, 6.45) is 3.48. The van der Waals surface area contributed by atoms with Crippen molar-refractivity contribution in [2.75, 3.05) is 24.2 Å². The first-order valence-corrected chi connectivity index (χ1v) is 11.3. The highest BCUT2D eigenvalue weighted by Crippen LogP contribution is 2.24. The maximum absolute atomic E-state index is 13.5. The Morgan fingerprint density at radius 3 is 2.31 bits per heavy atom. The number of thioether (sulfide) groups is 1. The van der Waals surface area contributed by atoms with Crippen molar-refractivity contribution >= 4 is 23.4 Å². The summed E-state index contributed by atoms with van der Waals surface area (Å²) in [6, 6.07) is 8.82. The maximum atomic E-state index is 13.5. The fourth-order valence-corrected chi connectivity index (χ4v) is 4.39. The first-order valence-electron chi connectivity index (χ1n) is 10.3. The van der Waals surface area contributed by atoms with E-state index < -0.39 is 17.5 Å². The van der Waals surface area contributed by atoms with Crippen LogP contribution >= 0.6 is 11.8 Å². The van der Waals surface area contributed by atoms with Gasteiger partial charge in [-0.2, -0.15) is 0 Å². The van der Waals surface area contributed by atoms with Crippen LogP contribution in [0.4, 0.5) is 18.9 Å². The standard InChI is InChI=1S/C22H22F3N5OS/c23-15-4-6-19(7-5-15)30-20(13-29-8-2-1-3-9-29)27-28-22(30)32-14-21(31)26-18-11-16(24)10-17(25)12-18/h4-7,10-12H,1-3,8-9,13-14H2,(H,26,31). The zero-order valence-electron chi connectivity index (χ0n) is 17.2. The second kappa shape index (κ2) is 10.2. The molecular formula is C22H22F3N5OS. The number of nitrogens with zero attached hydrogens (tertiary/aromatic N) is 4. The summed E-state index contributed by atoms with van der Waals surface area (Å²) in [7, 11) is 0. The molecular weight excluding hydrogens is 439 g/mol. The number of hydrogen-bond donors (Lipinski definition) is 1. The average Bonchev–Trinajstić information content (AvgIpc) is 3.15. The molecule has 2 heterocycles. The number of amides is 1. The highest BCUT2D eigenvalue weighted by Gasteiger charge is 2.19. The number of nitrogens with one attached hydrogen (secondary N) is 1. The van der Waals surface area contributed by atoms with E-state index in [4.69, 9.17) is 0 Å².